The molecule has 1 aromatic heterocycles. The van der Waals surface area contributed by atoms with E-state index in [1.54, 1.807) is 27.0 Å². The molecular weight excluding hydrogens is 660 g/mol. The van der Waals surface area contributed by atoms with Gasteiger partial charge >= 0.3 is 6.09 Å². The quantitative estimate of drug-likeness (QED) is 0.115. The van der Waals surface area contributed by atoms with Crippen LogP contribution in [0, 0.1) is 23.7 Å². The lowest BCUT2D eigenvalue weighted by molar-refractivity contribution is -0.131. The average Bonchev–Trinajstić information content (AvgIpc) is 3.61. The van der Waals surface area contributed by atoms with Crippen molar-refractivity contribution in [2.45, 2.75) is 143 Å². The van der Waals surface area contributed by atoms with E-state index >= 15 is 0 Å². The lowest BCUT2D eigenvalue weighted by Gasteiger charge is -2.33. The minimum atomic E-state index is -1.06. The second kappa shape index (κ2) is 20.9. The lowest BCUT2D eigenvalue weighted by atomic mass is 9.81. The number of benzene rings is 1. The molecule has 12 heteroatoms. The van der Waals surface area contributed by atoms with E-state index in [2.05, 4.69) is 45.1 Å². The number of hydrogen-bond donors (Lipinski definition) is 6. The van der Waals surface area contributed by atoms with Crippen molar-refractivity contribution in [2.24, 2.45) is 23.7 Å². The van der Waals surface area contributed by atoms with E-state index in [1.165, 1.54) is 12.7 Å². The normalized spacial score (nSPS) is 17.2. The van der Waals surface area contributed by atoms with Gasteiger partial charge in [0.25, 0.3) is 0 Å². The Labute approximate surface area is 310 Å². The Bertz CT molecular complexity index is 1370. The highest BCUT2D eigenvalue weighted by Gasteiger charge is 2.35. The van der Waals surface area contributed by atoms with Crippen molar-refractivity contribution in [1.82, 2.24) is 31.2 Å². The molecule has 6 atom stereocenters. The van der Waals surface area contributed by atoms with Crippen LogP contribution in [0.2, 0.25) is 0 Å². The Balaban J connectivity index is 1.86. The zero-order chi connectivity index (χ0) is 38.3. The Morgan fingerprint density at radius 1 is 0.923 bits per heavy atom. The topological polar surface area (TPSA) is 175 Å². The van der Waals surface area contributed by atoms with Crippen molar-refractivity contribution >= 4 is 23.8 Å². The largest absolute Gasteiger partial charge is 0.444 e. The molecule has 1 aliphatic carbocycles. The molecule has 1 heterocycles. The number of aromatic nitrogens is 2. The highest BCUT2D eigenvalue weighted by molar-refractivity contribution is 5.91. The monoisotopic (exact) mass is 724 g/mol. The van der Waals surface area contributed by atoms with Crippen LogP contribution < -0.4 is 21.3 Å². The van der Waals surface area contributed by atoms with Crippen molar-refractivity contribution in [2.75, 3.05) is 6.54 Å². The highest BCUT2D eigenvalue weighted by atomic mass is 16.6. The third-order valence-corrected chi connectivity index (χ3v) is 9.96. The second-order valence-electron chi connectivity index (χ2n) is 16.0. The molecule has 1 saturated carbocycles. The highest BCUT2D eigenvalue weighted by Crippen LogP contribution is 2.30. The number of carbonyl (C=O) groups excluding carboxylic acids is 4. The van der Waals surface area contributed by atoms with Crippen molar-refractivity contribution < 1.29 is 29.0 Å². The van der Waals surface area contributed by atoms with E-state index in [0.29, 0.717) is 30.5 Å². The summed E-state index contributed by atoms with van der Waals surface area (Å²) in [6.07, 6.45) is 8.71. The molecule has 12 nitrogen and oxygen atoms in total. The maximum Gasteiger partial charge on any atom is 0.408 e. The number of aliphatic hydroxyl groups is 1. The number of ether oxygens (including phenoxy) is 1. The summed E-state index contributed by atoms with van der Waals surface area (Å²) >= 11 is 0. The summed E-state index contributed by atoms with van der Waals surface area (Å²) in [6.45, 7) is 13.9. The van der Waals surface area contributed by atoms with E-state index in [1.807, 2.05) is 44.2 Å². The summed E-state index contributed by atoms with van der Waals surface area (Å²) in [4.78, 5) is 61.5. The number of rotatable bonds is 19. The summed E-state index contributed by atoms with van der Waals surface area (Å²) in [5, 5.41) is 23.5. The maximum absolute atomic E-state index is 14.3. The van der Waals surface area contributed by atoms with Crippen LogP contribution in [0.15, 0.2) is 42.9 Å². The summed E-state index contributed by atoms with van der Waals surface area (Å²) in [5.74, 6) is -0.930. The molecule has 6 N–H and O–H groups in total. The number of carbonyl (C=O) groups is 4. The van der Waals surface area contributed by atoms with Crippen molar-refractivity contribution in [3.05, 3.63) is 54.1 Å². The molecule has 1 aliphatic rings. The smallest absolute Gasteiger partial charge is 0.408 e. The van der Waals surface area contributed by atoms with Gasteiger partial charge in [-0.05, 0) is 56.9 Å². The standard InChI is InChI=1S/C40H64N6O6/c1-8-27(4)23-42-36(48)31(26(2)3)22-35(47)32(19-28-15-11-9-12-16-28)44-38(50)34(21-30-24-41-25-43-30)45-37(49)33(20-29-17-13-10-14-18-29)46-39(51)52-40(5,6)7/h10,13-14,17-18,24-28,31-35,47H,8-9,11-12,15-16,19-23H2,1-7H3,(H,41,43)(H,42,48)(H,44,50)(H,45,49)(H,46,51)/t27-,31-,32-,33-,34-,35-/m0/s1. The first-order chi connectivity index (χ1) is 24.6. The fourth-order valence-electron chi connectivity index (χ4n) is 6.64. The van der Waals surface area contributed by atoms with Crippen LogP contribution in [-0.4, -0.2) is 75.3 Å². The number of nitrogens with one attached hydrogen (secondary N) is 5. The number of H-pyrrole nitrogens is 1. The van der Waals surface area contributed by atoms with Crippen LogP contribution in [0.1, 0.15) is 111 Å². The summed E-state index contributed by atoms with van der Waals surface area (Å²) in [5.41, 5.74) is 0.664. The molecule has 3 rings (SSSR count). The van der Waals surface area contributed by atoms with Gasteiger partial charge in [0.05, 0.1) is 18.5 Å². The van der Waals surface area contributed by atoms with E-state index < -0.39 is 53.7 Å². The Morgan fingerprint density at radius 2 is 1.58 bits per heavy atom. The third-order valence-electron chi connectivity index (χ3n) is 9.96. The molecule has 1 aromatic carbocycles. The summed E-state index contributed by atoms with van der Waals surface area (Å²) in [6, 6.07) is 6.54. The van der Waals surface area contributed by atoms with Gasteiger partial charge in [-0.1, -0.05) is 96.6 Å². The third kappa shape index (κ3) is 15.0. The van der Waals surface area contributed by atoms with E-state index in [9.17, 15) is 24.3 Å². The second-order valence-corrected chi connectivity index (χ2v) is 16.0. The first-order valence-corrected chi connectivity index (χ1v) is 19.2. The van der Waals surface area contributed by atoms with Crippen LogP contribution in [0.3, 0.4) is 0 Å². The molecule has 0 aliphatic heterocycles. The first kappa shape index (κ1) is 42.5. The van der Waals surface area contributed by atoms with Gasteiger partial charge in [-0.15, -0.1) is 0 Å². The number of aliphatic hydroxyl groups excluding tert-OH is 1. The van der Waals surface area contributed by atoms with Crippen molar-refractivity contribution in [3.63, 3.8) is 0 Å². The zero-order valence-electron chi connectivity index (χ0n) is 32.4. The molecular formula is C40H64N6O6. The molecule has 0 radical (unpaired) electrons. The molecule has 4 amide bonds. The number of amides is 4. The Hall–Kier alpha value is -3.93. The van der Waals surface area contributed by atoms with Gasteiger partial charge in [-0.2, -0.15) is 0 Å². The van der Waals surface area contributed by atoms with E-state index in [0.717, 1.165) is 37.7 Å². The van der Waals surface area contributed by atoms with Crippen LogP contribution in [-0.2, 0) is 32.0 Å². The van der Waals surface area contributed by atoms with Gasteiger partial charge < -0.3 is 36.1 Å². The fraction of sp³-hybridized carbons (Fsp3) is 0.675. The maximum atomic E-state index is 14.3. The van der Waals surface area contributed by atoms with Crippen LogP contribution in [0.5, 0.6) is 0 Å². The van der Waals surface area contributed by atoms with E-state index in [4.69, 9.17) is 4.74 Å². The van der Waals surface area contributed by atoms with Crippen molar-refractivity contribution in [1.29, 1.82) is 0 Å². The minimum Gasteiger partial charge on any atom is -0.444 e. The van der Waals surface area contributed by atoms with Crippen LogP contribution in [0.25, 0.3) is 0 Å². The van der Waals surface area contributed by atoms with E-state index in [-0.39, 0.29) is 31.1 Å². The fourth-order valence-corrected chi connectivity index (χ4v) is 6.64. The Morgan fingerprint density at radius 3 is 2.17 bits per heavy atom. The first-order valence-electron chi connectivity index (χ1n) is 19.2. The molecule has 1 fully saturated rings. The summed E-state index contributed by atoms with van der Waals surface area (Å²) in [7, 11) is 0. The number of nitrogens with zero attached hydrogens (tertiary/aromatic N) is 1. The van der Waals surface area contributed by atoms with Gasteiger partial charge in [0, 0.05) is 37.2 Å². The molecule has 0 saturated heterocycles. The number of alkyl carbamates (subject to hydrolysis) is 1. The molecule has 52 heavy (non-hydrogen) atoms. The minimum absolute atomic E-state index is 0.0240. The molecule has 0 bridgehead atoms. The number of imidazole rings is 1. The van der Waals surface area contributed by atoms with Gasteiger partial charge in [0.2, 0.25) is 17.7 Å². The molecule has 0 spiro atoms. The predicted molar refractivity (Wildman–Crippen MR) is 202 cm³/mol. The van der Waals surface area contributed by atoms with Gasteiger partial charge in [0.15, 0.2) is 0 Å². The Kier molecular flexibility index (Phi) is 17.1. The molecule has 2 aromatic rings. The zero-order valence-corrected chi connectivity index (χ0v) is 32.4. The SMILES string of the molecule is CC[C@H](C)CNC(=O)[C@@H](C[C@H](O)[C@H](CC1CCCCC1)NC(=O)[C@H](Cc1cnc[nH]1)NC(=O)[C@H](Cc1ccccc1)NC(=O)OC(C)(C)C)C(C)C. The average molecular weight is 725 g/mol. The van der Waals surface area contributed by atoms with Gasteiger partial charge in [0.1, 0.15) is 17.7 Å². The number of hydrogen-bond acceptors (Lipinski definition) is 7. The summed E-state index contributed by atoms with van der Waals surface area (Å²) < 4.78 is 5.46. The lowest BCUT2D eigenvalue weighted by Crippen LogP contribution is -2.58. The number of aromatic amines is 1. The predicted octanol–water partition coefficient (Wildman–Crippen LogP) is 5.21. The molecule has 290 valence electrons. The van der Waals surface area contributed by atoms with Crippen LogP contribution >= 0.6 is 0 Å². The molecule has 0 unspecified atom stereocenters. The van der Waals surface area contributed by atoms with Crippen molar-refractivity contribution in [3.8, 4) is 0 Å². The van der Waals surface area contributed by atoms with Crippen LogP contribution in [0.4, 0.5) is 4.79 Å². The van der Waals surface area contributed by atoms with Gasteiger partial charge in [-0.25, -0.2) is 9.78 Å². The van der Waals surface area contributed by atoms with Gasteiger partial charge in [-0.3, -0.25) is 14.4 Å².